The van der Waals surface area contributed by atoms with Crippen LogP contribution in [0.2, 0.25) is 0 Å². The molecule has 1 amide bonds. The zero-order valence-electron chi connectivity index (χ0n) is 17.7. The SMILES string of the molecule is CCn1c(-c2ccc3c(c2)OCCO3)cnc1SCC(=O)NC(C)c1ccc(F)cc1F. The lowest BCUT2D eigenvalue weighted by molar-refractivity contribution is -0.119. The number of aromatic nitrogens is 2. The average molecular weight is 460 g/mol. The predicted molar refractivity (Wildman–Crippen MR) is 118 cm³/mol. The molecule has 1 aromatic heterocycles. The molecule has 1 N–H and O–H groups in total. The number of nitrogens with one attached hydrogen (secondary N) is 1. The summed E-state index contributed by atoms with van der Waals surface area (Å²) in [7, 11) is 0. The van der Waals surface area contributed by atoms with Crippen LogP contribution in [0.1, 0.15) is 25.5 Å². The molecule has 1 aliphatic heterocycles. The van der Waals surface area contributed by atoms with E-state index in [1.807, 2.05) is 29.7 Å². The lowest BCUT2D eigenvalue weighted by atomic mass is 10.1. The summed E-state index contributed by atoms with van der Waals surface area (Å²) in [5, 5.41) is 3.45. The summed E-state index contributed by atoms with van der Waals surface area (Å²) in [5.41, 5.74) is 2.09. The monoisotopic (exact) mass is 459 g/mol. The minimum absolute atomic E-state index is 0.116. The van der Waals surface area contributed by atoms with E-state index in [9.17, 15) is 13.6 Å². The molecule has 0 saturated carbocycles. The van der Waals surface area contributed by atoms with Crippen LogP contribution in [0, 0.1) is 11.6 Å². The smallest absolute Gasteiger partial charge is 0.230 e. The summed E-state index contributed by atoms with van der Waals surface area (Å²) in [6, 6.07) is 8.51. The van der Waals surface area contributed by atoms with E-state index in [0.29, 0.717) is 30.7 Å². The van der Waals surface area contributed by atoms with Crippen molar-refractivity contribution < 1.29 is 23.0 Å². The third-order valence-electron chi connectivity index (χ3n) is 5.11. The van der Waals surface area contributed by atoms with Gasteiger partial charge in [-0.15, -0.1) is 0 Å². The molecular formula is C23H23F2N3O3S. The van der Waals surface area contributed by atoms with E-state index in [2.05, 4.69) is 10.3 Å². The number of carbonyl (C=O) groups is 1. The fraction of sp³-hybridized carbons (Fsp3) is 0.304. The van der Waals surface area contributed by atoms with Crippen molar-refractivity contribution in [1.29, 1.82) is 0 Å². The number of imidazole rings is 1. The van der Waals surface area contributed by atoms with Crippen molar-refractivity contribution in [3.63, 3.8) is 0 Å². The van der Waals surface area contributed by atoms with Crippen LogP contribution < -0.4 is 14.8 Å². The van der Waals surface area contributed by atoms with Gasteiger partial charge in [-0.05, 0) is 38.1 Å². The molecule has 0 fully saturated rings. The molecule has 0 saturated heterocycles. The van der Waals surface area contributed by atoms with Crippen LogP contribution in [0.15, 0.2) is 47.8 Å². The van der Waals surface area contributed by atoms with Crippen molar-refractivity contribution >= 4 is 17.7 Å². The molecule has 2 aromatic carbocycles. The third kappa shape index (κ3) is 4.72. The van der Waals surface area contributed by atoms with Gasteiger partial charge in [0.05, 0.1) is 23.7 Å². The Bertz CT molecular complexity index is 1140. The number of halogens is 2. The van der Waals surface area contributed by atoms with Crippen molar-refractivity contribution in [1.82, 2.24) is 14.9 Å². The summed E-state index contributed by atoms with van der Waals surface area (Å²) in [4.78, 5) is 16.9. The first-order valence-electron chi connectivity index (χ1n) is 10.3. The molecule has 2 heterocycles. The molecule has 6 nitrogen and oxygen atoms in total. The number of rotatable bonds is 7. The van der Waals surface area contributed by atoms with Gasteiger partial charge >= 0.3 is 0 Å². The maximum Gasteiger partial charge on any atom is 0.230 e. The zero-order valence-corrected chi connectivity index (χ0v) is 18.5. The van der Waals surface area contributed by atoms with Gasteiger partial charge in [-0.1, -0.05) is 17.8 Å². The average Bonchev–Trinajstić information content (AvgIpc) is 3.20. The number of thioether (sulfide) groups is 1. The quantitative estimate of drug-likeness (QED) is 0.524. The minimum Gasteiger partial charge on any atom is -0.486 e. The summed E-state index contributed by atoms with van der Waals surface area (Å²) >= 11 is 1.30. The zero-order chi connectivity index (χ0) is 22.7. The standard InChI is InChI=1S/C23H23F2N3O3S/c1-3-28-19(15-4-7-20-21(10-15)31-9-8-30-20)12-26-23(28)32-13-22(29)27-14(2)17-6-5-16(24)11-18(17)25/h4-7,10-12,14H,3,8-9,13H2,1-2H3,(H,27,29). The highest BCUT2D eigenvalue weighted by atomic mass is 32.2. The van der Waals surface area contributed by atoms with Crippen LogP contribution >= 0.6 is 11.8 Å². The van der Waals surface area contributed by atoms with Gasteiger partial charge in [0.25, 0.3) is 0 Å². The second-order valence-corrected chi connectivity index (χ2v) is 8.21. The first kappa shape index (κ1) is 22.1. The second-order valence-electron chi connectivity index (χ2n) is 7.27. The maximum atomic E-state index is 13.9. The highest BCUT2D eigenvalue weighted by molar-refractivity contribution is 7.99. The van der Waals surface area contributed by atoms with E-state index < -0.39 is 17.7 Å². The Morgan fingerprint density at radius 1 is 1.19 bits per heavy atom. The van der Waals surface area contributed by atoms with E-state index in [4.69, 9.17) is 9.47 Å². The topological polar surface area (TPSA) is 65.4 Å². The second kappa shape index (κ2) is 9.60. The number of hydrogen-bond acceptors (Lipinski definition) is 5. The van der Waals surface area contributed by atoms with Gasteiger partial charge in [0.1, 0.15) is 24.8 Å². The number of carbonyl (C=O) groups excluding carboxylic acids is 1. The molecule has 32 heavy (non-hydrogen) atoms. The number of amides is 1. The van der Waals surface area contributed by atoms with Crippen molar-refractivity contribution in [3.05, 3.63) is 59.8 Å². The van der Waals surface area contributed by atoms with Crippen LogP contribution in [-0.4, -0.2) is 34.4 Å². The van der Waals surface area contributed by atoms with Crippen LogP contribution in [0.3, 0.4) is 0 Å². The molecule has 0 bridgehead atoms. The highest BCUT2D eigenvalue weighted by Gasteiger charge is 2.18. The molecule has 0 spiro atoms. The molecule has 9 heteroatoms. The van der Waals surface area contributed by atoms with Crippen LogP contribution in [-0.2, 0) is 11.3 Å². The molecular weight excluding hydrogens is 436 g/mol. The van der Waals surface area contributed by atoms with E-state index in [-0.39, 0.29) is 17.2 Å². The molecule has 1 unspecified atom stereocenters. The van der Waals surface area contributed by atoms with Crippen LogP contribution in [0.5, 0.6) is 11.5 Å². The summed E-state index contributed by atoms with van der Waals surface area (Å²) < 4.78 is 40.3. The van der Waals surface area contributed by atoms with E-state index in [0.717, 1.165) is 23.1 Å². The predicted octanol–water partition coefficient (Wildman–Crippen LogP) is 4.59. The number of hydrogen-bond donors (Lipinski definition) is 1. The Balaban J connectivity index is 1.43. The van der Waals surface area contributed by atoms with Gasteiger partial charge in [0.2, 0.25) is 5.91 Å². The first-order valence-corrected chi connectivity index (χ1v) is 11.3. The molecule has 0 radical (unpaired) electrons. The molecule has 3 aromatic rings. The van der Waals surface area contributed by atoms with Crippen molar-refractivity contribution in [2.45, 2.75) is 31.6 Å². The number of benzene rings is 2. The number of ether oxygens (including phenoxy) is 2. The summed E-state index contributed by atoms with van der Waals surface area (Å²) in [5.74, 6) is -0.0619. The third-order valence-corrected chi connectivity index (χ3v) is 6.10. The Morgan fingerprint density at radius 2 is 1.97 bits per heavy atom. The Hall–Kier alpha value is -3.07. The first-order chi connectivity index (χ1) is 15.5. The largest absolute Gasteiger partial charge is 0.486 e. The van der Waals surface area contributed by atoms with Gasteiger partial charge in [0, 0.05) is 23.7 Å². The van der Waals surface area contributed by atoms with Crippen molar-refractivity contribution in [2.75, 3.05) is 19.0 Å². The fourth-order valence-corrected chi connectivity index (χ4v) is 4.41. The molecule has 168 valence electrons. The molecule has 1 atom stereocenters. The summed E-state index contributed by atoms with van der Waals surface area (Å²) in [6.07, 6.45) is 1.77. The van der Waals surface area contributed by atoms with Crippen molar-refractivity contribution in [3.8, 4) is 22.8 Å². The number of fused-ring (bicyclic) bond motifs is 1. The fourth-order valence-electron chi connectivity index (χ4n) is 3.56. The lowest BCUT2D eigenvalue weighted by Crippen LogP contribution is -2.28. The maximum absolute atomic E-state index is 13.9. The van der Waals surface area contributed by atoms with Gasteiger partial charge < -0.3 is 19.4 Å². The lowest BCUT2D eigenvalue weighted by Gasteiger charge is -2.19. The van der Waals surface area contributed by atoms with Crippen LogP contribution in [0.25, 0.3) is 11.3 Å². The highest BCUT2D eigenvalue weighted by Crippen LogP contribution is 2.35. The van der Waals surface area contributed by atoms with E-state index in [1.165, 1.54) is 23.9 Å². The Morgan fingerprint density at radius 3 is 2.72 bits per heavy atom. The minimum atomic E-state index is -0.684. The van der Waals surface area contributed by atoms with Gasteiger partial charge in [-0.2, -0.15) is 0 Å². The Kier molecular flexibility index (Phi) is 6.64. The Labute approximate surface area is 188 Å². The van der Waals surface area contributed by atoms with E-state index >= 15 is 0 Å². The van der Waals surface area contributed by atoms with Gasteiger partial charge in [-0.25, -0.2) is 13.8 Å². The van der Waals surface area contributed by atoms with Crippen LogP contribution in [0.4, 0.5) is 8.78 Å². The number of nitrogens with zero attached hydrogens (tertiary/aromatic N) is 2. The summed E-state index contributed by atoms with van der Waals surface area (Å²) in [6.45, 7) is 5.39. The van der Waals surface area contributed by atoms with Gasteiger partial charge in [0.15, 0.2) is 16.7 Å². The van der Waals surface area contributed by atoms with Gasteiger partial charge in [-0.3, -0.25) is 4.79 Å². The van der Waals surface area contributed by atoms with E-state index in [1.54, 1.807) is 13.1 Å². The molecule has 4 rings (SSSR count). The molecule has 1 aliphatic rings. The van der Waals surface area contributed by atoms with Crippen molar-refractivity contribution in [2.24, 2.45) is 0 Å². The molecule has 0 aliphatic carbocycles. The normalized spacial score (nSPS) is 13.6.